The Hall–Kier alpha value is -2.94. The Morgan fingerprint density at radius 1 is 1.15 bits per heavy atom. The zero-order chi connectivity index (χ0) is 19.0. The molecule has 6 nitrogen and oxygen atoms in total. The molecule has 27 heavy (non-hydrogen) atoms. The lowest BCUT2D eigenvalue weighted by Crippen LogP contribution is -2.26. The zero-order valence-electron chi connectivity index (χ0n) is 14.1. The van der Waals surface area contributed by atoms with Crippen molar-refractivity contribution >= 4 is 5.82 Å². The summed E-state index contributed by atoms with van der Waals surface area (Å²) in [5.74, 6) is 1.09. The van der Waals surface area contributed by atoms with Gasteiger partial charge < -0.3 is 15.2 Å². The molecular weight excluding hydrogens is 359 g/mol. The Morgan fingerprint density at radius 2 is 2.00 bits per heavy atom. The fraction of sp³-hybridized carbons (Fsp3) is 0.278. The van der Waals surface area contributed by atoms with E-state index in [9.17, 15) is 13.2 Å². The molecule has 3 aromatic rings. The lowest BCUT2D eigenvalue weighted by molar-refractivity contribution is -0.137. The second-order valence-corrected chi connectivity index (χ2v) is 6.40. The Labute approximate surface area is 152 Å². The van der Waals surface area contributed by atoms with Gasteiger partial charge in [-0.1, -0.05) is 17.3 Å². The lowest BCUT2D eigenvalue weighted by atomic mass is 10.1. The smallest absolute Gasteiger partial charge is 0.355 e. The molecule has 2 N–H and O–H groups in total. The number of alkyl halides is 3. The molecule has 0 amide bonds. The molecule has 0 bridgehead atoms. The molecular formula is C18H16F3N5O. The third kappa shape index (κ3) is 3.63. The minimum Gasteiger partial charge on any atom is -0.355 e. The quantitative estimate of drug-likeness (QED) is 0.756. The van der Waals surface area contributed by atoms with E-state index in [0.29, 0.717) is 5.56 Å². The summed E-state index contributed by atoms with van der Waals surface area (Å²) in [6.07, 6.45) is -1.91. The number of nitrogens with two attached hydrogens (primary N) is 1. The third-order valence-electron chi connectivity index (χ3n) is 4.42. The van der Waals surface area contributed by atoms with Crippen molar-refractivity contribution in [3.05, 3.63) is 48.2 Å². The van der Waals surface area contributed by atoms with Gasteiger partial charge in [-0.15, -0.1) is 0 Å². The SMILES string of the molecule is N[C@@H]1CCN(c2ccc(-c3nc(-c4cccc(C(F)(F)F)c4)no3)cn2)C1. The molecule has 9 heteroatoms. The third-order valence-corrected chi connectivity index (χ3v) is 4.42. The highest BCUT2D eigenvalue weighted by molar-refractivity contribution is 5.61. The largest absolute Gasteiger partial charge is 0.416 e. The van der Waals surface area contributed by atoms with Gasteiger partial charge in [-0.05, 0) is 30.7 Å². The van der Waals surface area contributed by atoms with Gasteiger partial charge in [0.2, 0.25) is 5.82 Å². The second-order valence-electron chi connectivity index (χ2n) is 6.40. The van der Waals surface area contributed by atoms with E-state index >= 15 is 0 Å². The average Bonchev–Trinajstić information content (AvgIpc) is 3.31. The van der Waals surface area contributed by atoms with Crippen LogP contribution in [0.5, 0.6) is 0 Å². The maximum absolute atomic E-state index is 12.9. The van der Waals surface area contributed by atoms with E-state index in [1.165, 1.54) is 12.1 Å². The van der Waals surface area contributed by atoms with Gasteiger partial charge >= 0.3 is 6.18 Å². The minimum atomic E-state index is -4.43. The molecule has 0 unspecified atom stereocenters. The van der Waals surface area contributed by atoms with E-state index in [1.54, 1.807) is 12.3 Å². The first-order chi connectivity index (χ1) is 12.9. The van der Waals surface area contributed by atoms with Crippen LogP contribution >= 0.6 is 0 Å². The van der Waals surface area contributed by atoms with Gasteiger partial charge in [0.1, 0.15) is 5.82 Å². The number of hydrogen-bond acceptors (Lipinski definition) is 6. The lowest BCUT2D eigenvalue weighted by Gasteiger charge is -2.16. The van der Waals surface area contributed by atoms with Gasteiger partial charge in [0.15, 0.2) is 0 Å². The molecule has 1 fully saturated rings. The van der Waals surface area contributed by atoms with Gasteiger partial charge in [-0.2, -0.15) is 18.2 Å². The highest BCUT2D eigenvalue weighted by Gasteiger charge is 2.30. The number of pyridine rings is 1. The van der Waals surface area contributed by atoms with E-state index in [-0.39, 0.29) is 23.3 Å². The average molecular weight is 375 g/mol. The van der Waals surface area contributed by atoms with Crippen LogP contribution < -0.4 is 10.6 Å². The Bertz CT molecular complexity index is 939. The van der Waals surface area contributed by atoms with Gasteiger partial charge in [0, 0.05) is 30.9 Å². The van der Waals surface area contributed by atoms with Crippen molar-refractivity contribution in [2.24, 2.45) is 5.73 Å². The summed E-state index contributed by atoms with van der Waals surface area (Å²) < 4.78 is 43.8. The van der Waals surface area contributed by atoms with Crippen molar-refractivity contribution in [3.8, 4) is 22.8 Å². The first-order valence-corrected chi connectivity index (χ1v) is 8.38. The van der Waals surface area contributed by atoms with Crippen LogP contribution in [0.3, 0.4) is 0 Å². The standard InChI is InChI=1S/C18H16F3N5O/c19-18(20,21)13-3-1-2-11(8-13)16-24-17(27-25-16)12-4-5-15(23-9-12)26-7-6-14(22)10-26/h1-5,8-9,14H,6-7,10,22H2/t14-/m1/s1. The van der Waals surface area contributed by atoms with E-state index in [4.69, 9.17) is 10.3 Å². The number of anilines is 1. The summed E-state index contributed by atoms with van der Waals surface area (Å²) in [6, 6.07) is 8.58. The maximum atomic E-state index is 12.9. The maximum Gasteiger partial charge on any atom is 0.416 e. The Balaban J connectivity index is 1.56. The van der Waals surface area contributed by atoms with Crippen molar-refractivity contribution in [3.63, 3.8) is 0 Å². The molecule has 0 saturated carbocycles. The van der Waals surface area contributed by atoms with Crippen LogP contribution in [0.1, 0.15) is 12.0 Å². The van der Waals surface area contributed by atoms with E-state index in [1.807, 2.05) is 6.07 Å². The van der Waals surface area contributed by atoms with Gasteiger partial charge in [0.25, 0.3) is 5.89 Å². The summed E-state index contributed by atoms with van der Waals surface area (Å²) >= 11 is 0. The molecule has 1 saturated heterocycles. The van der Waals surface area contributed by atoms with Crippen LogP contribution in [0.15, 0.2) is 47.1 Å². The van der Waals surface area contributed by atoms with Gasteiger partial charge in [0.05, 0.1) is 11.1 Å². The van der Waals surface area contributed by atoms with E-state index < -0.39 is 11.7 Å². The molecule has 2 aromatic heterocycles. The summed E-state index contributed by atoms with van der Waals surface area (Å²) in [4.78, 5) is 10.7. The Morgan fingerprint density at radius 3 is 2.67 bits per heavy atom. The summed E-state index contributed by atoms with van der Waals surface area (Å²) in [5, 5.41) is 3.79. The minimum absolute atomic E-state index is 0.0886. The Kier molecular flexibility index (Phi) is 4.31. The fourth-order valence-corrected chi connectivity index (χ4v) is 2.99. The predicted octanol–water partition coefficient (Wildman–Crippen LogP) is 3.35. The number of halogens is 3. The molecule has 140 valence electrons. The highest BCUT2D eigenvalue weighted by atomic mass is 19.4. The number of aromatic nitrogens is 3. The number of hydrogen-bond donors (Lipinski definition) is 1. The topological polar surface area (TPSA) is 81.1 Å². The van der Waals surface area contributed by atoms with Gasteiger partial charge in [-0.3, -0.25) is 0 Å². The number of benzene rings is 1. The summed E-state index contributed by atoms with van der Waals surface area (Å²) in [5.41, 5.74) is 5.97. The highest BCUT2D eigenvalue weighted by Crippen LogP contribution is 2.32. The van der Waals surface area contributed by atoms with E-state index in [2.05, 4.69) is 20.0 Å². The van der Waals surface area contributed by atoms with Gasteiger partial charge in [-0.25, -0.2) is 4.98 Å². The molecule has 3 heterocycles. The summed E-state index contributed by atoms with van der Waals surface area (Å²) in [6.45, 7) is 1.61. The molecule has 1 aliphatic heterocycles. The molecule has 0 aliphatic carbocycles. The molecule has 0 spiro atoms. The van der Waals surface area contributed by atoms with Crippen LogP contribution in [0, 0.1) is 0 Å². The molecule has 1 aromatic carbocycles. The first-order valence-electron chi connectivity index (χ1n) is 8.38. The monoisotopic (exact) mass is 375 g/mol. The summed E-state index contributed by atoms with van der Waals surface area (Å²) in [7, 11) is 0. The van der Waals surface area contributed by atoms with Crippen LogP contribution in [0.25, 0.3) is 22.8 Å². The fourth-order valence-electron chi connectivity index (χ4n) is 2.99. The molecule has 1 atom stereocenters. The number of rotatable bonds is 3. The molecule has 4 rings (SSSR count). The van der Waals surface area contributed by atoms with Crippen molar-refractivity contribution in [1.29, 1.82) is 0 Å². The van der Waals surface area contributed by atoms with Crippen molar-refractivity contribution in [2.45, 2.75) is 18.6 Å². The normalized spacial score (nSPS) is 17.5. The van der Waals surface area contributed by atoms with Crippen molar-refractivity contribution in [2.75, 3.05) is 18.0 Å². The molecule has 1 aliphatic rings. The van der Waals surface area contributed by atoms with Crippen molar-refractivity contribution in [1.82, 2.24) is 15.1 Å². The van der Waals surface area contributed by atoms with Crippen LogP contribution in [0.2, 0.25) is 0 Å². The van der Waals surface area contributed by atoms with E-state index in [0.717, 1.165) is 37.5 Å². The predicted molar refractivity (Wildman–Crippen MR) is 92.8 cm³/mol. The number of nitrogens with zero attached hydrogens (tertiary/aromatic N) is 4. The second kappa shape index (κ2) is 6.66. The van der Waals surface area contributed by atoms with Crippen LogP contribution in [-0.2, 0) is 6.18 Å². The zero-order valence-corrected chi connectivity index (χ0v) is 14.1. The first kappa shape index (κ1) is 17.5. The van der Waals surface area contributed by atoms with Crippen LogP contribution in [-0.4, -0.2) is 34.3 Å². The van der Waals surface area contributed by atoms with Crippen molar-refractivity contribution < 1.29 is 17.7 Å². The molecule has 0 radical (unpaired) electrons. The van der Waals surface area contributed by atoms with Crippen LogP contribution in [0.4, 0.5) is 19.0 Å².